The molecule has 34 heavy (non-hydrogen) atoms. The van der Waals surface area contributed by atoms with Crippen molar-refractivity contribution in [3.05, 3.63) is 82.6 Å². The van der Waals surface area contributed by atoms with Gasteiger partial charge in [-0.2, -0.15) is 0 Å². The minimum absolute atomic E-state index is 0.252. The van der Waals surface area contributed by atoms with Gasteiger partial charge in [-0.3, -0.25) is 4.79 Å². The Bertz CT molecular complexity index is 1420. The molecule has 0 aliphatic heterocycles. The average Bonchev–Trinajstić information content (AvgIpc) is 3.25. The maximum absolute atomic E-state index is 12.7. The fourth-order valence-electron chi connectivity index (χ4n) is 4.01. The molecule has 0 saturated heterocycles. The van der Waals surface area contributed by atoms with E-state index in [9.17, 15) is 4.79 Å². The first-order valence-electron chi connectivity index (χ1n) is 10.8. The number of fused-ring (bicyclic) bond motifs is 1. The lowest BCUT2D eigenvalue weighted by Crippen LogP contribution is -2.09. The predicted octanol–water partition coefficient (Wildman–Crippen LogP) is 7.43. The summed E-state index contributed by atoms with van der Waals surface area (Å²) in [4.78, 5) is 12.7. The van der Waals surface area contributed by atoms with E-state index in [4.69, 9.17) is 25.5 Å². The Kier molecular flexibility index (Phi) is 6.66. The van der Waals surface area contributed by atoms with Crippen LogP contribution in [-0.2, 0) is 4.79 Å². The fourth-order valence-corrected chi connectivity index (χ4v) is 4.19. The first-order valence-corrected chi connectivity index (χ1v) is 11.2. The standard InChI is InChI=1S/C28H26ClNO4/c1-16-9-10-20(13-25(16)29)30-26(31)11-17(2)22-14-23-24(19-7-6-8-21(12-19)32-4)15-34-28(23)18(3)27(22)33-5/h6-15H,1-5H3,(H,30,31)/b17-11+. The third-order valence-electron chi connectivity index (χ3n) is 5.84. The van der Waals surface area contributed by atoms with Crippen LogP contribution in [-0.4, -0.2) is 20.1 Å². The van der Waals surface area contributed by atoms with Gasteiger partial charge in [-0.1, -0.05) is 29.8 Å². The van der Waals surface area contributed by atoms with E-state index >= 15 is 0 Å². The predicted molar refractivity (Wildman–Crippen MR) is 138 cm³/mol. The monoisotopic (exact) mass is 475 g/mol. The van der Waals surface area contributed by atoms with Crippen molar-refractivity contribution in [2.45, 2.75) is 20.8 Å². The molecule has 0 spiro atoms. The zero-order valence-electron chi connectivity index (χ0n) is 19.8. The number of halogens is 1. The van der Waals surface area contributed by atoms with E-state index in [1.165, 1.54) is 0 Å². The summed E-state index contributed by atoms with van der Waals surface area (Å²) in [5, 5.41) is 4.41. The second-order valence-electron chi connectivity index (χ2n) is 8.12. The minimum Gasteiger partial charge on any atom is -0.497 e. The Labute approximate surface area is 203 Å². The molecular formula is C28H26ClNO4. The molecule has 1 heterocycles. The topological polar surface area (TPSA) is 60.7 Å². The SMILES string of the molecule is COc1cccc(-c2coc3c(C)c(OC)c(/C(C)=C/C(=O)Nc4ccc(C)c(Cl)c4)cc23)c1. The Hall–Kier alpha value is -3.70. The molecule has 0 aliphatic rings. The number of anilines is 1. The van der Waals surface area contributed by atoms with Crippen molar-refractivity contribution in [3.63, 3.8) is 0 Å². The molecule has 0 saturated carbocycles. The van der Waals surface area contributed by atoms with Crippen molar-refractivity contribution < 1.29 is 18.7 Å². The summed E-state index contributed by atoms with van der Waals surface area (Å²) in [7, 11) is 3.26. The van der Waals surface area contributed by atoms with Crippen molar-refractivity contribution in [1.29, 1.82) is 0 Å². The Balaban J connectivity index is 1.75. The average molecular weight is 476 g/mol. The number of hydrogen-bond donors (Lipinski definition) is 1. The molecule has 5 nitrogen and oxygen atoms in total. The van der Waals surface area contributed by atoms with Crippen molar-refractivity contribution in [3.8, 4) is 22.6 Å². The van der Waals surface area contributed by atoms with Gasteiger partial charge in [0.05, 0.1) is 20.5 Å². The molecule has 4 rings (SSSR count). The molecule has 1 N–H and O–H groups in total. The molecule has 3 aromatic carbocycles. The first-order chi connectivity index (χ1) is 16.3. The van der Waals surface area contributed by atoms with Gasteiger partial charge in [-0.05, 0) is 67.8 Å². The maximum Gasteiger partial charge on any atom is 0.248 e. The van der Waals surface area contributed by atoms with Gasteiger partial charge in [0.15, 0.2) is 0 Å². The number of hydrogen-bond acceptors (Lipinski definition) is 4. The molecule has 0 atom stereocenters. The largest absolute Gasteiger partial charge is 0.497 e. The molecule has 0 fully saturated rings. The van der Waals surface area contributed by atoms with Crippen LogP contribution in [0.4, 0.5) is 5.69 Å². The molecule has 6 heteroatoms. The normalized spacial score (nSPS) is 11.5. The number of amides is 1. The van der Waals surface area contributed by atoms with Crippen molar-refractivity contribution in [2.24, 2.45) is 0 Å². The lowest BCUT2D eigenvalue weighted by Gasteiger charge is -2.13. The van der Waals surface area contributed by atoms with E-state index in [-0.39, 0.29) is 5.91 Å². The summed E-state index contributed by atoms with van der Waals surface area (Å²) in [5.41, 5.74) is 6.68. The van der Waals surface area contributed by atoms with Crippen LogP contribution < -0.4 is 14.8 Å². The lowest BCUT2D eigenvalue weighted by atomic mass is 9.96. The minimum atomic E-state index is -0.252. The number of furan rings is 1. The van der Waals surface area contributed by atoms with E-state index in [1.54, 1.807) is 32.6 Å². The van der Waals surface area contributed by atoms with E-state index < -0.39 is 0 Å². The van der Waals surface area contributed by atoms with Crippen LogP contribution in [0.2, 0.25) is 5.02 Å². The van der Waals surface area contributed by atoms with Gasteiger partial charge in [0.1, 0.15) is 17.1 Å². The molecule has 0 unspecified atom stereocenters. The molecule has 0 bridgehead atoms. The summed E-state index contributed by atoms with van der Waals surface area (Å²) in [6.45, 7) is 5.75. The smallest absolute Gasteiger partial charge is 0.248 e. The van der Waals surface area contributed by atoms with E-state index in [0.29, 0.717) is 16.5 Å². The van der Waals surface area contributed by atoms with Crippen molar-refractivity contribution in [1.82, 2.24) is 0 Å². The summed E-state index contributed by atoms with van der Waals surface area (Å²) >= 11 is 6.18. The van der Waals surface area contributed by atoms with Gasteiger partial charge in [-0.15, -0.1) is 0 Å². The van der Waals surface area contributed by atoms with Gasteiger partial charge >= 0.3 is 0 Å². The van der Waals surface area contributed by atoms with E-state index in [0.717, 1.165) is 50.1 Å². The molecule has 0 aliphatic carbocycles. The number of rotatable bonds is 6. The molecule has 4 aromatic rings. The number of methoxy groups -OCH3 is 2. The molecule has 1 aromatic heterocycles. The number of benzene rings is 3. The third kappa shape index (κ3) is 4.52. The van der Waals surface area contributed by atoms with Crippen molar-refractivity contribution in [2.75, 3.05) is 19.5 Å². The summed E-state index contributed by atoms with van der Waals surface area (Å²) in [6, 6.07) is 15.2. The van der Waals surface area contributed by atoms with Gasteiger partial charge < -0.3 is 19.2 Å². The van der Waals surface area contributed by atoms with Crippen LogP contribution >= 0.6 is 11.6 Å². The Morgan fingerprint density at radius 1 is 1.06 bits per heavy atom. The Morgan fingerprint density at radius 3 is 2.56 bits per heavy atom. The molecular weight excluding hydrogens is 450 g/mol. The number of ether oxygens (including phenoxy) is 2. The fraction of sp³-hybridized carbons (Fsp3) is 0.179. The quantitative estimate of drug-likeness (QED) is 0.294. The zero-order valence-corrected chi connectivity index (χ0v) is 20.5. The third-order valence-corrected chi connectivity index (χ3v) is 6.25. The first kappa shape index (κ1) is 23.5. The summed E-state index contributed by atoms with van der Waals surface area (Å²) in [6.07, 6.45) is 3.30. The van der Waals surface area contributed by atoms with Crippen LogP contribution in [0.25, 0.3) is 27.7 Å². The van der Waals surface area contributed by atoms with Crippen molar-refractivity contribution >= 4 is 39.7 Å². The van der Waals surface area contributed by atoms with Crippen LogP contribution in [0.3, 0.4) is 0 Å². The van der Waals surface area contributed by atoms with Gasteiger partial charge in [0.25, 0.3) is 0 Å². The second-order valence-corrected chi connectivity index (χ2v) is 8.53. The second kappa shape index (κ2) is 9.65. The highest BCUT2D eigenvalue weighted by Crippen LogP contribution is 2.41. The number of aryl methyl sites for hydroxylation is 2. The van der Waals surface area contributed by atoms with Gasteiger partial charge in [0, 0.05) is 38.9 Å². The highest BCUT2D eigenvalue weighted by atomic mass is 35.5. The molecule has 0 radical (unpaired) electrons. The lowest BCUT2D eigenvalue weighted by molar-refractivity contribution is -0.111. The number of carbonyl (C=O) groups is 1. The number of allylic oxidation sites excluding steroid dienone is 1. The van der Waals surface area contributed by atoms with Crippen LogP contribution in [0.5, 0.6) is 11.5 Å². The molecule has 174 valence electrons. The Morgan fingerprint density at radius 2 is 1.85 bits per heavy atom. The number of nitrogens with one attached hydrogen (secondary N) is 1. The van der Waals surface area contributed by atoms with E-state index in [2.05, 4.69) is 5.32 Å². The van der Waals surface area contributed by atoms with Gasteiger partial charge in [0.2, 0.25) is 5.91 Å². The number of carbonyl (C=O) groups excluding carboxylic acids is 1. The summed E-state index contributed by atoms with van der Waals surface area (Å²) in [5.74, 6) is 1.18. The summed E-state index contributed by atoms with van der Waals surface area (Å²) < 4.78 is 17.0. The molecule has 1 amide bonds. The zero-order chi connectivity index (χ0) is 24.4. The van der Waals surface area contributed by atoms with Crippen LogP contribution in [0.1, 0.15) is 23.6 Å². The van der Waals surface area contributed by atoms with Crippen LogP contribution in [0.15, 0.2) is 65.3 Å². The maximum atomic E-state index is 12.7. The highest BCUT2D eigenvalue weighted by Gasteiger charge is 2.19. The highest BCUT2D eigenvalue weighted by molar-refractivity contribution is 6.31. The van der Waals surface area contributed by atoms with E-state index in [1.807, 2.05) is 63.2 Å². The van der Waals surface area contributed by atoms with Gasteiger partial charge in [-0.25, -0.2) is 0 Å². The van der Waals surface area contributed by atoms with Crippen LogP contribution in [0, 0.1) is 13.8 Å².